The van der Waals surface area contributed by atoms with Gasteiger partial charge in [0.25, 0.3) is 0 Å². The topological polar surface area (TPSA) is 131 Å². The summed E-state index contributed by atoms with van der Waals surface area (Å²) in [5, 5.41) is 12.6. The number of aliphatic hydroxyl groups is 1. The van der Waals surface area contributed by atoms with Gasteiger partial charge in [-0.05, 0) is 57.8 Å². The Labute approximate surface area is 293 Å². The number of amides is 1. The van der Waals surface area contributed by atoms with Crippen molar-refractivity contribution in [2.24, 2.45) is 0 Å². The molecule has 0 fully saturated rings. The maximum Gasteiger partial charge on any atom is 0.472 e. The highest BCUT2D eigenvalue weighted by Gasteiger charge is 2.23. The Morgan fingerprint density at radius 3 is 1.65 bits per heavy atom. The molecule has 2 atom stereocenters. The van der Waals surface area contributed by atoms with E-state index in [4.69, 9.17) is 13.8 Å². The van der Waals surface area contributed by atoms with Crippen LogP contribution in [0.4, 0.5) is 0 Å². The average molecular weight is 702 g/mol. The number of aliphatic hydroxyl groups excluding tert-OH is 1. The van der Waals surface area contributed by atoms with Gasteiger partial charge in [-0.3, -0.25) is 18.6 Å². The predicted octanol–water partition coefficient (Wildman–Crippen LogP) is 10.0. The van der Waals surface area contributed by atoms with E-state index in [9.17, 15) is 24.2 Å². The van der Waals surface area contributed by atoms with Gasteiger partial charge in [0, 0.05) is 19.4 Å². The Balaban J connectivity index is 3.61. The van der Waals surface area contributed by atoms with Crippen molar-refractivity contribution in [3.05, 3.63) is 24.3 Å². The van der Waals surface area contributed by atoms with Crippen LogP contribution in [0.15, 0.2) is 24.3 Å². The van der Waals surface area contributed by atoms with Crippen LogP contribution in [0.1, 0.15) is 174 Å². The van der Waals surface area contributed by atoms with Crippen LogP contribution in [0.5, 0.6) is 0 Å². The maximum atomic E-state index is 12.0. The van der Waals surface area contributed by atoms with E-state index < -0.39 is 26.5 Å². The molecule has 0 radical (unpaired) electrons. The van der Waals surface area contributed by atoms with Crippen molar-refractivity contribution in [3.63, 3.8) is 0 Å². The molecule has 48 heavy (non-hydrogen) atoms. The summed E-state index contributed by atoms with van der Waals surface area (Å²) in [6.45, 7) is 3.46. The van der Waals surface area contributed by atoms with Crippen molar-refractivity contribution in [2.75, 3.05) is 26.4 Å². The van der Waals surface area contributed by atoms with Gasteiger partial charge in [-0.2, -0.15) is 0 Å². The highest BCUT2D eigenvalue weighted by molar-refractivity contribution is 7.47. The van der Waals surface area contributed by atoms with Crippen LogP contribution in [0.3, 0.4) is 0 Å². The van der Waals surface area contributed by atoms with Crippen LogP contribution in [0.25, 0.3) is 0 Å². The summed E-state index contributed by atoms with van der Waals surface area (Å²) in [7, 11) is -4.41. The number of carbonyl (C=O) groups is 2. The Morgan fingerprint density at radius 1 is 0.625 bits per heavy atom. The number of phosphoric ester groups is 1. The largest absolute Gasteiger partial charge is 0.472 e. The number of hydrogen-bond donors (Lipinski definition) is 3. The Kier molecular flexibility index (Phi) is 34.2. The van der Waals surface area contributed by atoms with Gasteiger partial charge in [-0.1, -0.05) is 128 Å². The van der Waals surface area contributed by atoms with E-state index in [-0.39, 0.29) is 32.1 Å². The Morgan fingerprint density at radius 2 is 1.10 bits per heavy atom. The zero-order chi connectivity index (χ0) is 35.4. The molecule has 0 saturated carbocycles. The van der Waals surface area contributed by atoms with E-state index in [0.717, 1.165) is 64.2 Å². The van der Waals surface area contributed by atoms with E-state index in [1.165, 1.54) is 83.5 Å². The van der Waals surface area contributed by atoms with Gasteiger partial charge >= 0.3 is 13.8 Å². The lowest BCUT2D eigenvalue weighted by molar-refractivity contribution is -0.147. The van der Waals surface area contributed by atoms with E-state index in [1.807, 2.05) is 0 Å². The first-order valence-electron chi connectivity index (χ1n) is 19.3. The van der Waals surface area contributed by atoms with E-state index in [0.29, 0.717) is 6.42 Å². The molecule has 0 rings (SSSR count). The minimum atomic E-state index is -4.41. The SMILES string of the molecule is CCC/C=C\CCCCCCCC(=O)OCC(O)COP(=O)(O)OCCNC(=O)CCCCCCCCC/C=C\CCCCCCCC. The third-order valence-electron chi connectivity index (χ3n) is 8.08. The van der Waals surface area contributed by atoms with Crippen molar-refractivity contribution >= 4 is 19.7 Å². The normalized spacial score (nSPS) is 13.7. The second-order valence-electron chi connectivity index (χ2n) is 12.9. The van der Waals surface area contributed by atoms with Crippen molar-refractivity contribution in [1.82, 2.24) is 5.32 Å². The molecule has 0 aromatic carbocycles. The Bertz CT molecular complexity index is 851. The lowest BCUT2D eigenvalue weighted by Gasteiger charge is -2.15. The smallest absolute Gasteiger partial charge is 0.463 e. The highest BCUT2D eigenvalue weighted by Crippen LogP contribution is 2.42. The summed E-state index contributed by atoms with van der Waals surface area (Å²) < 4.78 is 26.7. The van der Waals surface area contributed by atoms with Crippen molar-refractivity contribution < 1.29 is 37.9 Å². The molecular formula is C38H72NO8P. The maximum absolute atomic E-state index is 12.0. The van der Waals surface area contributed by atoms with Crippen LogP contribution in [0, 0.1) is 0 Å². The zero-order valence-electron chi connectivity index (χ0n) is 30.7. The van der Waals surface area contributed by atoms with Crippen molar-refractivity contribution in [2.45, 2.75) is 180 Å². The molecule has 0 heterocycles. The second kappa shape index (κ2) is 35.3. The molecule has 9 nitrogen and oxygen atoms in total. The number of phosphoric acid groups is 1. The van der Waals surface area contributed by atoms with Gasteiger partial charge in [0.15, 0.2) is 0 Å². The fourth-order valence-electron chi connectivity index (χ4n) is 5.14. The van der Waals surface area contributed by atoms with Gasteiger partial charge in [-0.25, -0.2) is 4.57 Å². The van der Waals surface area contributed by atoms with Gasteiger partial charge in [0.2, 0.25) is 5.91 Å². The first kappa shape index (κ1) is 46.5. The van der Waals surface area contributed by atoms with Crippen LogP contribution in [0.2, 0.25) is 0 Å². The number of rotatable bonds is 36. The fourth-order valence-corrected chi connectivity index (χ4v) is 5.90. The van der Waals surface area contributed by atoms with Crippen molar-refractivity contribution in [1.29, 1.82) is 0 Å². The summed E-state index contributed by atoms with van der Waals surface area (Å²) in [5.74, 6) is -0.532. The van der Waals surface area contributed by atoms with Crippen molar-refractivity contribution in [3.8, 4) is 0 Å². The minimum Gasteiger partial charge on any atom is -0.463 e. The number of hydrogen-bond acceptors (Lipinski definition) is 7. The zero-order valence-corrected chi connectivity index (χ0v) is 31.6. The van der Waals surface area contributed by atoms with Gasteiger partial charge in [-0.15, -0.1) is 0 Å². The molecule has 0 spiro atoms. The summed E-state index contributed by atoms with van der Waals surface area (Å²) in [4.78, 5) is 33.7. The van der Waals surface area contributed by atoms with Crippen LogP contribution >= 0.6 is 7.82 Å². The third kappa shape index (κ3) is 35.8. The number of carbonyl (C=O) groups excluding carboxylic acids is 2. The molecule has 0 aliphatic carbocycles. The first-order chi connectivity index (χ1) is 23.3. The number of unbranched alkanes of at least 4 members (excludes halogenated alkanes) is 19. The average Bonchev–Trinajstić information content (AvgIpc) is 3.07. The van der Waals surface area contributed by atoms with Gasteiger partial charge in [0.05, 0.1) is 13.2 Å². The summed E-state index contributed by atoms with van der Waals surface area (Å²) in [6.07, 6.45) is 35.4. The van der Waals surface area contributed by atoms with E-state index in [2.05, 4.69) is 43.5 Å². The minimum absolute atomic E-state index is 0.0797. The molecule has 0 aromatic heterocycles. The molecule has 3 N–H and O–H groups in total. The summed E-state index contributed by atoms with van der Waals surface area (Å²) >= 11 is 0. The predicted molar refractivity (Wildman–Crippen MR) is 197 cm³/mol. The van der Waals surface area contributed by atoms with Crippen LogP contribution < -0.4 is 5.32 Å². The van der Waals surface area contributed by atoms with Crippen LogP contribution in [-0.4, -0.2) is 54.3 Å². The molecule has 0 saturated heterocycles. The van der Waals surface area contributed by atoms with Gasteiger partial charge < -0.3 is 20.1 Å². The van der Waals surface area contributed by atoms with E-state index >= 15 is 0 Å². The number of esters is 1. The Hall–Kier alpha value is -1.51. The number of ether oxygens (including phenoxy) is 1. The fraction of sp³-hybridized carbons (Fsp3) is 0.842. The summed E-state index contributed by atoms with van der Waals surface area (Å²) in [6, 6.07) is 0. The summed E-state index contributed by atoms with van der Waals surface area (Å²) in [5.41, 5.74) is 0. The first-order valence-corrected chi connectivity index (χ1v) is 20.8. The van der Waals surface area contributed by atoms with Gasteiger partial charge in [0.1, 0.15) is 12.7 Å². The second-order valence-corrected chi connectivity index (χ2v) is 14.3. The number of allylic oxidation sites excluding steroid dienone is 4. The molecule has 0 aliphatic heterocycles. The monoisotopic (exact) mass is 701 g/mol. The van der Waals surface area contributed by atoms with E-state index in [1.54, 1.807) is 0 Å². The highest BCUT2D eigenvalue weighted by atomic mass is 31.2. The molecule has 0 bridgehead atoms. The quantitative estimate of drug-likeness (QED) is 0.0255. The molecule has 1 amide bonds. The third-order valence-corrected chi connectivity index (χ3v) is 9.07. The molecule has 282 valence electrons. The lowest BCUT2D eigenvalue weighted by atomic mass is 10.1. The molecule has 0 aliphatic rings. The van der Waals surface area contributed by atoms with Crippen LogP contribution in [-0.2, 0) is 27.9 Å². The number of nitrogens with one attached hydrogen (secondary N) is 1. The molecular weight excluding hydrogens is 629 g/mol. The lowest BCUT2D eigenvalue weighted by Crippen LogP contribution is -2.27. The molecule has 0 aromatic rings. The molecule has 2 unspecified atom stereocenters. The molecule has 10 heteroatoms. The standard InChI is InChI=1S/C38H72NO8P/c1-3-5-7-9-11-13-15-16-17-18-19-20-21-22-24-26-28-30-37(41)39-32-33-46-48(43,44)47-35-36(40)34-45-38(42)31-29-27-25-23-14-12-10-8-6-4-2/h8,10,16-17,36,40H,3-7,9,11-15,18-35H2,1-2H3,(H,39,41)(H,43,44)/b10-8-,17-16-.